The molecule has 18 heavy (non-hydrogen) atoms. The normalized spacial score (nSPS) is 10.4. The number of nitrogens with zero attached hydrogens (tertiary/aromatic N) is 1. The number of hydrogen-bond acceptors (Lipinski definition) is 3. The summed E-state index contributed by atoms with van der Waals surface area (Å²) in [5, 5.41) is 10.2. The van der Waals surface area contributed by atoms with Gasteiger partial charge in [0.15, 0.2) is 6.29 Å². The Kier molecular flexibility index (Phi) is 3.72. The summed E-state index contributed by atoms with van der Waals surface area (Å²) in [6.45, 7) is 0.271. The van der Waals surface area contributed by atoms with Crippen molar-refractivity contribution >= 4 is 17.1 Å². The molecule has 0 aromatic heterocycles. The van der Waals surface area contributed by atoms with Gasteiger partial charge in [0.05, 0.1) is 11.6 Å². The maximum absolute atomic E-state index is 11.2. The molecule has 3 nitrogen and oxygen atoms in total. The first kappa shape index (κ1) is 11.9. The third kappa shape index (κ3) is 2.38. The molecule has 0 aliphatic rings. The van der Waals surface area contributed by atoms with Crippen LogP contribution in [-0.4, -0.2) is 12.9 Å². The van der Waals surface area contributed by atoms with Crippen molar-refractivity contribution in [3.05, 3.63) is 54.1 Å². The summed E-state index contributed by atoms with van der Waals surface area (Å²) in [4.78, 5) is 11.2. The molecule has 88 valence electrons. The highest BCUT2D eigenvalue weighted by Gasteiger charge is 2.06. The molecule has 0 aliphatic heterocycles. The van der Waals surface area contributed by atoms with E-state index in [0.717, 1.165) is 17.1 Å². The van der Waals surface area contributed by atoms with Gasteiger partial charge in [-0.1, -0.05) is 30.3 Å². The zero-order chi connectivity index (χ0) is 12.8. The van der Waals surface area contributed by atoms with Crippen molar-refractivity contribution in [2.75, 3.05) is 6.61 Å². The predicted octanol–water partition coefficient (Wildman–Crippen LogP) is 3.11. The predicted molar refractivity (Wildman–Crippen MR) is 69.6 cm³/mol. The summed E-state index contributed by atoms with van der Waals surface area (Å²) in [6.07, 6.45) is 3.75. The van der Waals surface area contributed by atoms with E-state index in [-0.39, 0.29) is 6.61 Å². The lowest BCUT2D eigenvalue weighted by molar-refractivity contribution is 0.112. The van der Waals surface area contributed by atoms with Crippen LogP contribution in [0.3, 0.4) is 0 Å². The Bertz CT molecular complexity index is 638. The van der Waals surface area contributed by atoms with Gasteiger partial charge < -0.3 is 4.74 Å². The van der Waals surface area contributed by atoms with E-state index in [1.54, 1.807) is 12.1 Å². The molecule has 0 radical (unpaired) electrons. The highest BCUT2D eigenvalue weighted by atomic mass is 16.5. The highest BCUT2D eigenvalue weighted by Crippen LogP contribution is 2.26. The first-order chi connectivity index (χ1) is 8.86. The summed E-state index contributed by atoms with van der Waals surface area (Å²) < 4.78 is 5.47. The Labute approximate surface area is 105 Å². The number of hydrogen-bond donors (Lipinski definition) is 0. The third-order valence-corrected chi connectivity index (χ3v) is 2.58. The molecule has 0 spiro atoms. The van der Waals surface area contributed by atoms with Crippen molar-refractivity contribution in [1.29, 1.82) is 5.26 Å². The number of allylic oxidation sites excluding steroid dienone is 1. The SMILES string of the molecule is N#C/C=C/COc1ccc2ccccc2c1C=O. The van der Waals surface area contributed by atoms with Crippen LogP contribution in [0.4, 0.5) is 0 Å². The molecule has 0 bridgehead atoms. The van der Waals surface area contributed by atoms with Gasteiger partial charge in [0.1, 0.15) is 12.4 Å². The van der Waals surface area contributed by atoms with Gasteiger partial charge in [0, 0.05) is 6.08 Å². The topological polar surface area (TPSA) is 50.1 Å². The fourth-order valence-corrected chi connectivity index (χ4v) is 1.76. The van der Waals surface area contributed by atoms with Gasteiger partial charge in [-0.2, -0.15) is 5.26 Å². The van der Waals surface area contributed by atoms with Gasteiger partial charge in [0.25, 0.3) is 0 Å². The molecule has 0 heterocycles. The maximum Gasteiger partial charge on any atom is 0.154 e. The monoisotopic (exact) mass is 237 g/mol. The van der Waals surface area contributed by atoms with Crippen LogP contribution in [0.1, 0.15) is 10.4 Å². The van der Waals surface area contributed by atoms with Gasteiger partial charge in [0.2, 0.25) is 0 Å². The van der Waals surface area contributed by atoms with Gasteiger partial charge in [-0.15, -0.1) is 0 Å². The molecule has 0 fully saturated rings. The number of fused-ring (bicyclic) bond motifs is 1. The number of nitriles is 1. The molecular weight excluding hydrogens is 226 g/mol. The second kappa shape index (κ2) is 5.65. The van der Waals surface area contributed by atoms with Crippen LogP contribution in [0, 0.1) is 11.3 Å². The Morgan fingerprint density at radius 3 is 2.83 bits per heavy atom. The molecule has 0 unspecified atom stereocenters. The van der Waals surface area contributed by atoms with Crippen molar-refractivity contribution < 1.29 is 9.53 Å². The molecule has 0 atom stereocenters. The highest BCUT2D eigenvalue weighted by molar-refractivity contribution is 6.00. The number of benzene rings is 2. The van der Waals surface area contributed by atoms with Crippen LogP contribution in [0.15, 0.2) is 48.6 Å². The fraction of sp³-hybridized carbons (Fsp3) is 0.0667. The van der Waals surface area contributed by atoms with E-state index >= 15 is 0 Å². The molecule has 0 saturated heterocycles. The Morgan fingerprint density at radius 2 is 2.06 bits per heavy atom. The number of rotatable bonds is 4. The molecular formula is C15H11NO2. The van der Waals surface area contributed by atoms with Crippen molar-refractivity contribution in [2.45, 2.75) is 0 Å². The van der Waals surface area contributed by atoms with Crippen molar-refractivity contribution in [3.63, 3.8) is 0 Å². The molecule has 2 rings (SSSR count). The Balaban J connectivity index is 2.36. The summed E-state index contributed by atoms with van der Waals surface area (Å²) in [7, 11) is 0. The smallest absolute Gasteiger partial charge is 0.154 e. The van der Waals surface area contributed by atoms with Crippen LogP contribution in [0.2, 0.25) is 0 Å². The molecule has 3 heteroatoms. The van der Waals surface area contributed by atoms with Crippen LogP contribution >= 0.6 is 0 Å². The first-order valence-corrected chi connectivity index (χ1v) is 5.51. The van der Waals surface area contributed by atoms with E-state index in [2.05, 4.69) is 0 Å². The molecule has 0 saturated carbocycles. The minimum absolute atomic E-state index is 0.271. The molecule has 0 amide bonds. The summed E-state index contributed by atoms with van der Waals surface area (Å²) >= 11 is 0. The van der Waals surface area contributed by atoms with E-state index < -0.39 is 0 Å². The minimum Gasteiger partial charge on any atom is -0.489 e. The zero-order valence-corrected chi connectivity index (χ0v) is 9.67. The Hall–Kier alpha value is -2.60. The lowest BCUT2D eigenvalue weighted by Gasteiger charge is -2.08. The second-order valence-electron chi connectivity index (χ2n) is 3.66. The van der Waals surface area contributed by atoms with E-state index in [9.17, 15) is 4.79 Å². The van der Waals surface area contributed by atoms with Gasteiger partial charge in [-0.05, 0) is 22.9 Å². The minimum atomic E-state index is 0.271. The van der Waals surface area contributed by atoms with Crippen molar-refractivity contribution in [1.82, 2.24) is 0 Å². The average Bonchev–Trinajstić information content (AvgIpc) is 2.43. The van der Waals surface area contributed by atoms with Gasteiger partial charge >= 0.3 is 0 Å². The van der Waals surface area contributed by atoms with E-state index in [0.29, 0.717) is 11.3 Å². The Morgan fingerprint density at radius 1 is 1.22 bits per heavy atom. The summed E-state index contributed by atoms with van der Waals surface area (Å²) in [6, 6.07) is 13.2. The van der Waals surface area contributed by atoms with Crippen LogP contribution < -0.4 is 4.74 Å². The largest absolute Gasteiger partial charge is 0.489 e. The summed E-state index contributed by atoms with van der Waals surface area (Å²) in [5.41, 5.74) is 0.540. The van der Waals surface area contributed by atoms with Crippen molar-refractivity contribution in [3.8, 4) is 11.8 Å². The quantitative estimate of drug-likeness (QED) is 0.606. The third-order valence-electron chi connectivity index (χ3n) is 2.58. The van der Waals surface area contributed by atoms with Gasteiger partial charge in [-0.3, -0.25) is 4.79 Å². The standard InChI is InChI=1S/C15H11NO2/c16-9-3-4-10-18-15-8-7-12-5-1-2-6-13(12)14(15)11-17/h1-8,11H,10H2/b4-3+. The second-order valence-corrected chi connectivity index (χ2v) is 3.66. The number of carbonyl (C=O) groups excluding carboxylic acids is 1. The molecule has 2 aromatic carbocycles. The first-order valence-electron chi connectivity index (χ1n) is 5.51. The fourth-order valence-electron chi connectivity index (χ4n) is 1.76. The lowest BCUT2D eigenvalue weighted by Crippen LogP contribution is -1.97. The van der Waals surface area contributed by atoms with E-state index in [1.807, 2.05) is 36.4 Å². The number of carbonyl (C=O) groups is 1. The molecule has 0 aliphatic carbocycles. The van der Waals surface area contributed by atoms with Gasteiger partial charge in [-0.25, -0.2) is 0 Å². The lowest BCUT2D eigenvalue weighted by atomic mass is 10.0. The molecule has 2 aromatic rings. The van der Waals surface area contributed by atoms with Crippen LogP contribution in [0.25, 0.3) is 10.8 Å². The van der Waals surface area contributed by atoms with E-state index in [1.165, 1.54) is 6.08 Å². The van der Waals surface area contributed by atoms with E-state index in [4.69, 9.17) is 10.00 Å². The number of ether oxygens (including phenoxy) is 1. The summed E-state index contributed by atoms with van der Waals surface area (Å²) in [5.74, 6) is 0.534. The van der Waals surface area contributed by atoms with Crippen LogP contribution in [-0.2, 0) is 0 Å². The van der Waals surface area contributed by atoms with Crippen LogP contribution in [0.5, 0.6) is 5.75 Å². The maximum atomic E-state index is 11.2. The average molecular weight is 237 g/mol. The van der Waals surface area contributed by atoms with Crippen molar-refractivity contribution in [2.24, 2.45) is 0 Å². The zero-order valence-electron chi connectivity index (χ0n) is 9.67. The molecule has 0 N–H and O–H groups in total. The number of aldehydes is 1.